The van der Waals surface area contributed by atoms with E-state index in [1.165, 1.54) is 0 Å². The molecule has 0 aliphatic heterocycles. The fourth-order valence-corrected chi connectivity index (χ4v) is 1.87. The van der Waals surface area contributed by atoms with E-state index in [9.17, 15) is 4.79 Å². The second-order valence-corrected chi connectivity index (χ2v) is 4.85. The van der Waals surface area contributed by atoms with Crippen molar-refractivity contribution >= 4 is 5.91 Å². The van der Waals surface area contributed by atoms with Gasteiger partial charge in [0.2, 0.25) is 0 Å². The zero-order valence-electron chi connectivity index (χ0n) is 12.9. The van der Waals surface area contributed by atoms with Gasteiger partial charge in [0.05, 0.1) is 0 Å². The van der Waals surface area contributed by atoms with Gasteiger partial charge in [-0.1, -0.05) is 19.1 Å². The van der Waals surface area contributed by atoms with Crippen molar-refractivity contribution in [2.45, 2.75) is 39.7 Å². The maximum absolute atomic E-state index is 12.1. The average molecular weight is 279 g/mol. The van der Waals surface area contributed by atoms with Crippen molar-refractivity contribution in [3.05, 3.63) is 29.3 Å². The molecule has 0 saturated heterocycles. The topological polar surface area (TPSA) is 47.6 Å². The summed E-state index contributed by atoms with van der Waals surface area (Å²) >= 11 is 0. The Bertz CT molecular complexity index is 432. The number of carbonyl (C=O) groups excluding carboxylic acids is 1. The number of carbonyl (C=O) groups is 1. The Labute approximate surface area is 121 Å². The lowest BCUT2D eigenvalue weighted by atomic mass is 10.1. The standard InChI is InChI=1S/C16H25NO3/c1-5-14(16(18)17-10-7-11-19-4)20-15-9-6-8-12(2)13(15)3/h6,8-9,14H,5,7,10-11H2,1-4H3,(H,17,18). The molecule has 0 aliphatic carbocycles. The summed E-state index contributed by atoms with van der Waals surface area (Å²) in [6.07, 6.45) is 1.00. The van der Waals surface area contributed by atoms with E-state index in [1.54, 1.807) is 7.11 Å². The smallest absolute Gasteiger partial charge is 0.261 e. The van der Waals surface area contributed by atoms with E-state index >= 15 is 0 Å². The highest BCUT2D eigenvalue weighted by Gasteiger charge is 2.18. The molecule has 1 N–H and O–H groups in total. The maximum Gasteiger partial charge on any atom is 0.261 e. The summed E-state index contributed by atoms with van der Waals surface area (Å²) in [4.78, 5) is 12.1. The number of amides is 1. The van der Waals surface area contributed by atoms with Crippen LogP contribution in [0, 0.1) is 13.8 Å². The van der Waals surface area contributed by atoms with E-state index in [1.807, 2.05) is 39.0 Å². The van der Waals surface area contributed by atoms with Crippen LogP contribution in [0.15, 0.2) is 18.2 Å². The SMILES string of the molecule is CCC(Oc1cccc(C)c1C)C(=O)NCCCOC. The van der Waals surface area contributed by atoms with E-state index in [-0.39, 0.29) is 5.91 Å². The fourth-order valence-electron chi connectivity index (χ4n) is 1.87. The minimum atomic E-state index is -0.446. The minimum absolute atomic E-state index is 0.0653. The molecule has 0 fully saturated rings. The maximum atomic E-state index is 12.1. The minimum Gasteiger partial charge on any atom is -0.480 e. The lowest BCUT2D eigenvalue weighted by Gasteiger charge is -2.19. The number of methoxy groups -OCH3 is 1. The Morgan fingerprint density at radius 3 is 2.75 bits per heavy atom. The van der Waals surface area contributed by atoms with Crippen molar-refractivity contribution in [3.8, 4) is 5.75 Å². The molecule has 1 rings (SSSR count). The monoisotopic (exact) mass is 279 g/mol. The molecule has 0 aliphatic rings. The summed E-state index contributed by atoms with van der Waals surface area (Å²) in [5.41, 5.74) is 2.25. The Balaban J connectivity index is 2.57. The number of aryl methyl sites for hydroxylation is 1. The van der Waals surface area contributed by atoms with Gasteiger partial charge in [0.25, 0.3) is 5.91 Å². The van der Waals surface area contributed by atoms with Crippen LogP contribution in [-0.4, -0.2) is 32.3 Å². The summed E-state index contributed by atoms with van der Waals surface area (Å²) in [5, 5.41) is 2.88. The van der Waals surface area contributed by atoms with Crippen LogP contribution in [0.5, 0.6) is 5.75 Å². The van der Waals surface area contributed by atoms with Gasteiger partial charge >= 0.3 is 0 Å². The van der Waals surface area contributed by atoms with Gasteiger partial charge in [0.1, 0.15) is 5.75 Å². The van der Waals surface area contributed by atoms with Crippen molar-refractivity contribution in [3.63, 3.8) is 0 Å². The van der Waals surface area contributed by atoms with E-state index in [4.69, 9.17) is 9.47 Å². The zero-order valence-corrected chi connectivity index (χ0v) is 12.9. The molecule has 0 radical (unpaired) electrons. The third-order valence-corrected chi connectivity index (χ3v) is 3.31. The van der Waals surface area contributed by atoms with Crippen molar-refractivity contribution in [2.24, 2.45) is 0 Å². The van der Waals surface area contributed by atoms with Crippen molar-refractivity contribution in [1.29, 1.82) is 0 Å². The molecule has 0 bridgehead atoms. The van der Waals surface area contributed by atoms with Crippen molar-refractivity contribution in [2.75, 3.05) is 20.3 Å². The van der Waals surface area contributed by atoms with Gasteiger partial charge in [-0.15, -0.1) is 0 Å². The van der Waals surface area contributed by atoms with E-state index in [2.05, 4.69) is 5.32 Å². The fraction of sp³-hybridized carbons (Fsp3) is 0.562. The van der Waals surface area contributed by atoms with Crippen molar-refractivity contribution in [1.82, 2.24) is 5.32 Å². The van der Waals surface area contributed by atoms with Crippen LogP contribution in [0.4, 0.5) is 0 Å². The molecule has 0 aromatic heterocycles. The molecule has 1 amide bonds. The van der Waals surface area contributed by atoms with Crippen LogP contribution < -0.4 is 10.1 Å². The summed E-state index contributed by atoms with van der Waals surface area (Å²) < 4.78 is 10.8. The molecule has 0 spiro atoms. The molecule has 1 aromatic rings. The number of ether oxygens (including phenoxy) is 2. The third kappa shape index (κ3) is 4.85. The Hall–Kier alpha value is -1.55. The van der Waals surface area contributed by atoms with Gasteiger partial charge in [0, 0.05) is 20.3 Å². The lowest BCUT2D eigenvalue weighted by molar-refractivity contribution is -0.128. The molecule has 4 nitrogen and oxygen atoms in total. The Morgan fingerprint density at radius 2 is 2.10 bits per heavy atom. The van der Waals surface area contributed by atoms with Gasteiger partial charge in [-0.05, 0) is 43.9 Å². The number of nitrogens with one attached hydrogen (secondary N) is 1. The number of hydrogen-bond donors (Lipinski definition) is 1. The highest BCUT2D eigenvalue weighted by Crippen LogP contribution is 2.22. The quantitative estimate of drug-likeness (QED) is 0.744. The van der Waals surface area contributed by atoms with E-state index in [0.29, 0.717) is 19.6 Å². The van der Waals surface area contributed by atoms with Gasteiger partial charge in [0.15, 0.2) is 6.10 Å². The molecule has 20 heavy (non-hydrogen) atoms. The first-order valence-electron chi connectivity index (χ1n) is 7.09. The van der Waals surface area contributed by atoms with Crippen LogP contribution in [0.1, 0.15) is 30.9 Å². The van der Waals surface area contributed by atoms with E-state index < -0.39 is 6.10 Å². The average Bonchev–Trinajstić information content (AvgIpc) is 2.45. The second-order valence-electron chi connectivity index (χ2n) is 4.85. The van der Waals surface area contributed by atoms with Crippen LogP contribution in [0.2, 0.25) is 0 Å². The Kier molecular flexibility index (Phi) is 7.09. The molecular formula is C16H25NO3. The molecule has 1 unspecified atom stereocenters. The molecule has 0 heterocycles. The van der Waals surface area contributed by atoms with Gasteiger partial charge in [-0.3, -0.25) is 4.79 Å². The zero-order chi connectivity index (χ0) is 15.0. The number of benzene rings is 1. The van der Waals surface area contributed by atoms with E-state index in [0.717, 1.165) is 23.3 Å². The summed E-state index contributed by atoms with van der Waals surface area (Å²) in [6.45, 7) is 7.25. The van der Waals surface area contributed by atoms with Crippen molar-refractivity contribution < 1.29 is 14.3 Å². The predicted molar refractivity (Wildman–Crippen MR) is 80.1 cm³/mol. The number of rotatable bonds is 8. The lowest BCUT2D eigenvalue weighted by Crippen LogP contribution is -2.38. The first kappa shape index (κ1) is 16.5. The molecule has 0 saturated carbocycles. The molecular weight excluding hydrogens is 254 g/mol. The predicted octanol–water partition coefficient (Wildman–Crippen LogP) is 2.61. The van der Waals surface area contributed by atoms with Crippen LogP contribution in [-0.2, 0) is 9.53 Å². The Morgan fingerprint density at radius 1 is 1.35 bits per heavy atom. The van der Waals surface area contributed by atoms with Gasteiger partial charge < -0.3 is 14.8 Å². The third-order valence-electron chi connectivity index (χ3n) is 3.31. The van der Waals surface area contributed by atoms with Gasteiger partial charge in [-0.2, -0.15) is 0 Å². The second kappa shape index (κ2) is 8.59. The normalized spacial score (nSPS) is 12.0. The van der Waals surface area contributed by atoms with Crippen LogP contribution >= 0.6 is 0 Å². The first-order valence-corrected chi connectivity index (χ1v) is 7.09. The highest BCUT2D eigenvalue weighted by molar-refractivity contribution is 5.81. The molecule has 1 aromatic carbocycles. The highest BCUT2D eigenvalue weighted by atomic mass is 16.5. The number of hydrogen-bond acceptors (Lipinski definition) is 3. The molecule has 1 atom stereocenters. The molecule has 112 valence electrons. The van der Waals surface area contributed by atoms with Gasteiger partial charge in [-0.25, -0.2) is 0 Å². The largest absolute Gasteiger partial charge is 0.480 e. The van der Waals surface area contributed by atoms with Crippen LogP contribution in [0.25, 0.3) is 0 Å². The summed E-state index contributed by atoms with van der Waals surface area (Å²) in [7, 11) is 1.65. The first-order chi connectivity index (χ1) is 9.60. The molecule has 4 heteroatoms. The summed E-state index contributed by atoms with van der Waals surface area (Å²) in [6, 6.07) is 5.89. The van der Waals surface area contributed by atoms with Crippen LogP contribution in [0.3, 0.4) is 0 Å². The summed E-state index contributed by atoms with van der Waals surface area (Å²) in [5.74, 6) is 0.716.